The van der Waals surface area contributed by atoms with Gasteiger partial charge < -0.3 is 14.8 Å². The number of hydrogen-bond acceptors (Lipinski definition) is 3. The minimum Gasteiger partial charge on any atom is -0.466 e. The minimum absolute atomic E-state index is 0.467. The van der Waals surface area contributed by atoms with E-state index in [2.05, 4.69) is 19.2 Å². The molecule has 3 heteroatoms. The van der Waals surface area contributed by atoms with Crippen LogP contribution in [0.5, 0.6) is 0 Å². The van der Waals surface area contributed by atoms with Crippen LogP contribution < -0.4 is 5.32 Å². The van der Waals surface area contributed by atoms with Gasteiger partial charge in [0.2, 0.25) is 0 Å². The third-order valence-corrected chi connectivity index (χ3v) is 3.34. The van der Waals surface area contributed by atoms with E-state index in [9.17, 15) is 5.11 Å². The normalized spacial score (nSPS) is 15.2. The third-order valence-electron chi connectivity index (χ3n) is 3.34. The van der Waals surface area contributed by atoms with Gasteiger partial charge in [0.15, 0.2) is 0 Å². The molecule has 0 aromatic carbocycles. The molecular weight excluding hydrogens is 214 g/mol. The number of rotatable bonds is 6. The summed E-state index contributed by atoms with van der Waals surface area (Å²) in [5, 5.41) is 13.9. The van der Waals surface area contributed by atoms with Crippen LogP contribution in [-0.4, -0.2) is 17.7 Å². The molecule has 0 radical (unpaired) electrons. The monoisotopic (exact) mass is 239 g/mol. The van der Waals surface area contributed by atoms with E-state index in [4.69, 9.17) is 4.42 Å². The summed E-state index contributed by atoms with van der Waals surface area (Å²) in [6.07, 6.45) is 2.16. The second kappa shape index (κ2) is 5.69. The molecule has 1 aromatic rings. The maximum absolute atomic E-state index is 10.5. The van der Waals surface area contributed by atoms with Gasteiger partial charge >= 0.3 is 0 Å². The maximum atomic E-state index is 10.5. The Morgan fingerprint density at radius 1 is 1.35 bits per heavy atom. The molecule has 1 unspecified atom stereocenters. The Kier molecular flexibility index (Phi) is 4.78. The molecule has 0 aliphatic rings. The van der Waals surface area contributed by atoms with Crippen molar-refractivity contribution in [3.05, 3.63) is 23.2 Å². The zero-order valence-corrected chi connectivity index (χ0v) is 11.6. The number of nitrogens with one attached hydrogen (secondary N) is 1. The molecule has 98 valence electrons. The van der Waals surface area contributed by atoms with E-state index in [0.717, 1.165) is 29.9 Å². The SMILES string of the molecule is CCC(CC)NCC(C)(O)c1cc(C)oc1C. The van der Waals surface area contributed by atoms with Gasteiger partial charge in [-0.2, -0.15) is 0 Å². The molecule has 0 aliphatic carbocycles. The average Bonchev–Trinajstić information content (AvgIpc) is 2.60. The first-order valence-corrected chi connectivity index (χ1v) is 6.44. The molecule has 1 rings (SSSR count). The first-order chi connectivity index (χ1) is 7.90. The molecule has 0 amide bonds. The van der Waals surface area contributed by atoms with Crippen LogP contribution in [0.1, 0.15) is 50.7 Å². The van der Waals surface area contributed by atoms with E-state index in [1.54, 1.807) is 0 Å². The fraction of sp³-hybridized carbons (Fsp3) is 0.714. The van der Waals surface area contributed by atoms with Crippen LogP contribution in [0.3, 0.4) is 0 Å². The first-order valence-electron chi connectivity index (χ1n) is 6.44. The maximum Gasteiger partial charge on any atom is 0.107 e. The van der Waals surface area contributed by atoms with Crippen LogP contribution >= 0.6 is 0 Å². The lowest BCUT2D eigenvalue weighted by molar-refractivity contribution is 0.0520. The minimum atomic E-state index is -0.871. The Bertz CT molecular complexity index is 351. The van der Waals surface area contributed by atoms with E-state index >= 15 is 0 Å². The van der Waals surface area contributed by atoms with Crippen LogP contribution in [0.2, 0.25) is 0 Å². The van der Waals surface area contributed by atoms with E-state index in [-0.39, 0.29) is 0 Å². The molecule has 0 aliphatic heterocycles. The van der Waals surface area contributed by atoms with Gasteiger partial charge in [-0.05, 0) is 39.7 Å². The lowest BCUT2D eigenvalue weighted by atomic mass is 9.95. The predicted octanol–water partition coefficient (Wildman–Crippen LogP) is 2.88. The molecule has 1 aromatic heterocycles. The van der Waals surface area contributed by atoms with Gasteiger partial charge in [0, 0.05) is 18.2 Å². The highest BCUT2D eigenvalue weighted by Crippen LogP contribution is 2.26. The van der Waals surface area contributed by atoms with Crippen molar-refractivity contribution in [3.8, 4) is 0 Å². The summed E-state index contributed by atoms with van der Waals surface area (Å²) in [5.41, 5.74) is 0.0122. The van der Waals surface area contributed by atoms with E-state index in [1.165, 1.54) is 0 Å². The van der Waals surface area contributed by atoms with E-state index in [1.807, 2.05) is 26.8 Å². The van der Waals surface area contributed by atoms with Gasteiger partial charge in [-0.3, -0.25) is 0 Å². The van der Waals surface area contributed by atoms with Gasteiger partial charge in [-0.15, -0.1) is 0 Å². The Morgan fingerprint density at radius 2 is 1.94 bits per heavy atom. The molecule has 0 spiro atoms. The van der Waals surface area contributed by atoms with Crippen molar-refractivity contribution < 1.29 is 9.52 Å². The van der Waals surface area contributed by atoms with Gasteiger partial charge in [0.05, 0.1) is 0 Å². The smallest absolute Gasteiger partial charge is 0.107 e. The summed E-state index contributed by atoms with van der Waals surface area (Å²) < 4.78 is 5.47. The van der Waals surface area contributed by atoms with Gasteiger partial charge in [0.1, 0.15) is 17.1 Å². The van der Waals surface area contributed by atoms with Gasteiger partial charge in [0.25, 0.3) is 0 Å². The first kappa shape index (κ1) is 14.3. The van der Waals surface area contributed by atoms with Crippen molar-refractivity contribution in [2.45, 2.75) is 59.1 Å². The zero-order valence-electron chi connectivity index (χ0n) is 11.6. The van der Waals surface area contributed by atoms with Crippen molar-refractivity contribution >= 4 is 0 Å². The summed E-state index contributed by atoms with van der Waals surface area (Å²) >= 11 is 0. The van der Waals surface area contributed by atoms with Gasteiger partial charge in [-0.25, -0.2) is 0 Å². The fourth-order valence-electron chi connectivity index (χ4n) is 2.18. The van der Waals surface area contributed by atoms with Crippen LogP contribution in [-0.2, 0) is 5.60 Å². The lowest BCUT2D eigenvalue weighted by Crippen LogP contribution is -2.40. The molecule has 1 atom stereocenters. The zero-order chi connectivity index (χ0) is 13.1. The van der Waals surface area contributed by atoms with Crippen molar-refractivity contribution in [2.24, 2.45) is 0 Å². The predicted molar refractivity (Wildman–Crippen MR) is 70.1 cm³/mol. The number of furan rings is 1. The molecule has 3 nitrogen and oxygen atoms in total. The molecular formula is C14H25NO2. The van der Waals surface area contributed by atoms with Crippen LogP contribution in [0, 0.1) is 13.8 Å². The van der Waals surface area contributed by atoms with E-state index < -0.39 is 5.60 Å². The van der Waals surface area contributed by atoms with E-state index in [0.29, 0.717) is 12.6 Å². The third kappa shape index (κ3) is 3.58. The highest BCUT2D eigenvalue weighted by atomic mass is 16.3. The molecule has 17 heavy (non-hydrogen) atoms. The molecule has 0 saturated carbocycles. The largest absolute Gasteiger partial charge is 0.466 e. The number of hydrogen-bond donors (Lipinski definition) is 2. The summed E-state index contributed by atoms with van der Waals surface area (Å²) in [4.78, 5) is 0. The summed E-state index contributed by atoms with van der Waals surface area (Å²) in [7, 11) is 0. The molecule has 0 fully saturated rings. The quantitative estimate of drug-likeness (QED) is 0.802. The Hall–Kier alpha value is -0.800. The average molecular weight is 239 g/mol. The van der Waals surface area contributed by atoms with Crippen molar-refractivity contribution in [1.29, 1.82) is 0 Å². The highest BCUT2D eigenvalue weighted by molar-refractivity contribution is 5.26. The summed E-state index contributed by atoms with van der Waals surface area (Å²) in [6, 6.07) is 2.39. The Morgan fingerprint density at radius 3 is 2.35 bits per heavy atom. The second-order valence-corrected chi connectivity index (χ2v) is 5.00. The van der Waals surface area contributed by atoms with Crippen LogP contribution in [0.15, 0.2) is 10.5 Å². The molecule has 1 heterocycles. The number of aryl methyl sites for hydroxylation is 2. The highest BCUT2D eigenvalue weighted by Gasteiger charge is 2.27. The fourth-order valence-corrected chi connectivity index (χ4v) is 2.18. The number of aliphatic hydroxyl groups is 1. The lowest BCUT2D eigenvalue weighted by Gasteiger charge is -2.26. The molecule has 2 N–H and O–H groups in total. The van der Waals surface area contributed by atoms with Crippen molar-refractivity contribution in [2.75, 3.05) is 6.54 Å². The van der Waals surface area contributed by atoms with Crippen molar-refractivity contribution in [3.63, 3.8) is 0 Å². The van der Waals surface area contributed by atoms with Crippen LogP contribution in [0.4, 0.5) is 0 Å². The topological polar surface area (TPSA) is 45.4 Å². The standard InChI is InChI=1S/C14H25NO2/c1-6-12(7-2)15-9-14(5,16)13-8-10(3)17-11(13)4/h8,12,15-16H,6-7,9H2,1-5H3. The Balaban J connectivity index is 2.71. The molecule has 0 saturated heterocycles. The molecule has 0 bridgehead atoms. The second-order valence-electron chi connectivity index (χ2n) is 5.00. The summed E-state index contributed by atoms with van der Waals surface area (Å²) in [6.45, 7) is 10.5. The Labute approximate surface area is 104 Å². The summed E-state index contributed by atoms with van der Waals surface area (Å²) in [5.74, 6) is 1.65. The van der Waals surface area contributed by atoms with Crippen LogP contribution in [0.25, 0.3) is 0 Å². The van der Waals surface area contributed by atoms with Crippen molar-refractivity contribution in [1.82, 2.24) is 5.32 Å². The van der Waals surface area contributed by atoms with Gasteiger partial charge in [-0.1, -0.05) is 13.8 Å².